The first kappa shape index (κ1) is 14.4. The molecule has 0 aliphatic heterocycles. The number of halogens is 2. The molecule has 0 unspecified atom stereocenters. The maximum absolute atomic E-state index is 13.2. The lowest BCUT2D eigenvalue weighted by atomic mass is 10.2. The van der Waals surface area contributed by atoms with E-state index in [0.29, 0.717) is 17.9 Å². The summed E-state index contributed by atoms with van der Waals surface area (Å²) in [5.74, 6) is 1.32. The molecule has 4 N–H and O–H groups in total. The molecule has 0 bridgehead atoms. The number of hydrogen-bond acceptors (Lipinski definition) is 4. The molecular formula is C11H16ClFN2OS. The zero-order valence-electron chi connectivity index (χ0n) is 9.38. The fourth-order valence-electron chi connectivity index (χ4n) is 1.24. The van der Waals surface area contributed by atoms with Crippen molar-refractivity contribution in [3.05, 3.63) is 23.0 Å². The molecule has 17 heavy (non-hydrogen) atoms. The van der Waals surface area contributed by atoms with Crippen molar-refractivity contribution in [3.63, 3.8) is 0 Å². The van der Waals surface area contributed by atoms with Crippen LogP contribution >= 0.6 is 23.4 Å². The molecule has 0 saturated carbocycles. The molecule has 1 aromatic carbocycles. The van der Waals surface area contributed by atoms with E-state index < -0.39 is 5.82 Å². The van der Waals surface area contributed by atoms with Crippen LogP contribution in [0.15, 0.2) is 12.1 Å². The van der Waals surface area contributed by atoms with Crippen molar-refractivity contribution in [2.45, 2.75) is 6.42 Å². The van der Waals surface area contributed by atoms with Crippen molar-refractivity contribution < 1.29 is 9.50 Å². The van der Waals surface area contributed by atoms with E-state index in [4.69, 9.17) is 22.4 Å². The highest BCUT2D eigenvalue weighted by molar-refractivity contribution is 7.99. The first-order valence-corrected chi connectivity index (χ1v) is 6.85. The Morgan fingerprint density at radius 2 is 2.18 bits per heavy atom. The van der Waals surface area contributed by atoms with E-state index in [9.17, 15) is 4.39 Å². The standard InChI is InChI=1S/C11H16ClFN2OS/c12-8-6-10(14)11(7-9(8)13)15-2-5-17-4-1-3-16/h6-7,15-16H,1-5,14H2. The lowest BCUT2D eigenvalue weighted by molar-refractivity contribution is 0.296. The van der Waals surface area contributed by atoms with Crippen molar-refractivity contribution in [2.24, 2.45) is 0 Å². The van der Waals surface area contributed by atoms with Gasteiger partial charge in [-0.3, -0.25) is 0 Å². The predicted molar refractivity (Wildman–Crippen MR) is 73.3 cm³/mol. The molecule has 0 aliphatic rings. The van der Waals surface area contributed by atoms with Gasteiger partial charge in [-0.25, -0.2) is 4.39 Å². The second-order valence-electron chi connectivity index (χ2n) is 3.47. The summed E-state index contributed by atoms with van der Waals surface area (Å²) in [7, 11) is 0. The predicted octanol–water partition coefficient (Wildman–Crippen LogP) is 2.59. The van der Waals surface area contributed by atoms with E-state index in [1.807, 2.05) is 0 Å². The van der Waals surface area contributed by atoms with E-state index in [-0.39, 0.29) is 11.6 Å². The Morgan fingerprint density at radius 1 is 1.41 bits per heavy atom. The molecule has 0 heterocycles. The maximum atomic E-state index is 13.2. The van der Waals surface area contributed by atoms with Crippen molar-refractivity contribution in [1.82, 2.24) is 0 Å². The van der Waals surface area contributed by atoms with Gasteiger partial charge in [0, 0.05) is 25.0 Å². The third kappa shape index (κ3) is 5.02. The number of anilines is 2. The van der Waals surface area contributed by atoms with Crippen LogP contribution in [0.3, 0.4) is 0 Å². The Bertz CT molecular complexity index is 366. The second kappa shape index (κ2) is 7.63. The fraction of sp³-hybridized carbons (Fsp3) is 0.455. The van der Waals surface area contributed by atoms with E-state index >= 15 is 0 Å². The molecule has 0 radical (unpaired) electrons. The van der Waals surface area contributed by atoms with Gasteiger partial charge in [0.1, 0.15) is 5.82 Å². The van der Waals surface area contributed by atoms with E-state index in [2.05, 4.69) is 5.32 Å². The molecule has 0 fully saturated rings. The van der Waals surface area contributed by atoms with Gasteiger partial charge >= 0.3 is 0 Å². The molecule has 3 nitrogen and oxygen atoms in total. The molecule has 0 saturated heterocycles. The first-order valence-electron chi connectivity index (χ1n) is 5.32. The molecule has 1 rings (SSSR count). The fourth-order valence-corrected chi connectivity index (χ4v) is 2.20. The summed E-state index contributed by atoms with van der Waals surface area (Å²) in [6.07, 6.45) is 0.794. The number of aliphatic hydroxyl groups excluding tert-OH is 1. The van der Waals surface area contributed by atoms with E-state index in [0.717, 1.165) is 17.9 Å². The Hall–Kier alpha value is -0.650. The lowest BCUT2D eigenvalue weighted by Crippen LogP contribution is -2.07. The molecule has 6 heteroatoms. The van der Waals surface area contributed by atoms with Crippen LogP contribution in [0.2, 0.25) is 5.02 Å². The van der Waals surface area contributed by atoms with Crippen LogP contribution in [-0.2, 0) is 0 Å². The van der Waals surface area contributed by atoms with Crippen LogP contribution in [0.1, 0.15) is 6.42 Å². The molecule has 0 spiro atoms. The van der Waals surface area contributed by atoms with Gasteiger partial charge < -0.3 is 16.2 Å². The average molecular weight is 279 g/mol. The van der Waals surface area contributed by atoms with Crippen LogP contribution in [0.5, 0.6) is 0 Å². The largest absolute Gasteiger partial charge is 0.397 e. The lowest BCUT2D eigenvalue weighted by Gasteiger charge is -2.09. The number of nitrogen functional groups attached to an aromatic ring is 1. The summed E-state index contributed by atoms with van der Waals surface area (Å²) < 4.78 is 13.2. The van der Waals surface area contributed by atoms with E-state index in [1.165, 1.54) is 12.1 Å². The number of nitrogens with one attached hydrogen (secondary N) is 1. The van der Waals surface area contributed by atoms with Gasteiger partial charge in [0.2, 0.25) is 0 Å². The van der Waals surface area contributed by atoms with Gasteiger partial charge in [-0.05, 0) is 18.2 Å². The molecular weight excluding hydrogens is 263 g/mol. The molecule has 96 valence electrons. The van der Waals surface area contributed by atoms with Crippen LogP contribution in [-0.4, -0.2) is 29.8 Å². The molecule has 1 aromatic rings. The second-order valence-corrected chi connectivity index (χ2v) is 5.10. The molecule has 0 aromatic heterocycles. The summed E-state index contributed by atoms with van der Waals surface area (Å²) in [6, 6.07) is 2.70. The van der Waals surface area contributed by atoms with Crippen molar-refractivity contribution in [2.75, 3.05) is 35.7 Å². The number of nitrogens with two attached hydrogens (primary N) is 1. The summed E-state index contributed by atoms with van der Waals surface area (Å²) >= 11 is 7.32. The minimum absolute atomic E-state index is 0.0328. The van der Waals surface area contributed by atoms with Crippen LogP contribution in [0, 0.1) is 5.82 Å². The Balaban J connectivity index is 2.34. The molecule has 0 amide bonds. The molecule has 0 aliphatic carbocycles. The summed E-state index contributed by atoms with van der Waals surface area (Å²) in [5, 5.41) is 11.7. The molecule has 0 atom stereocenters. The third-order valence-corrected chi connectivity index (χ3v) is 3.46. The highest BCUT2D eigenvalue weighted by Crippen LogP contribution is 2.25. The van der Waals surface area contributed by atoms with Gasteiger partial charge in [0.05, 0.1) is 16.4 Å². The van der Waals surface area contributed by atoms with Crippen molar-refractivity contribution in [3.8, 4) is 0 Å². The highest BCUT2D eigenvalue weighted by Gasteiger charge is 2.05. The van der Waals surface area contributed by atoms with Gasteiger partial charge in [0.25, 0.3) is 0 Å². The van der Waals surface area contributed by atoms with Crippen molar-refractivity contribution >= 4 is 34.7 Å². The first-order chi connectivity index (χ1) is 8.15. The van der Waals surface area contributed by atoms with Gasteiger partial charge in [-0.1, -0.05) is 11.6 Å². The van der Waals surface area contributed by atoms with Gasteiger partial charge in [0.15, 0.2) is 0 Å². The normalized spacial score (nSPS) is 10.5. The minimum Gasteiger partial charge on any atom is -0.397 e. The van der Waals surface area contributed by atoms with Crippen LogP contribution in [0.25, 0.3) is 0 Å². The monoisotopic (exact) mass is 278 g/mol. The zero-order chi connectivity index (χ0) is 12.7. The average Bonchev–Trinajstić information content (AvgIpc) is 2.30. The number of benzene rings is 1. The van der Waals surface area contributed by atoms with Crippen molar-refractivity contribution in [1.29, 1.82) is 0 Å². The number of aliphatic hydroxyl groups is 1. The third-order valence-electron chi connectivity index (χ3n) is 2.10. The number of rotatable bonds is 7. The highest BCUT2D eigenvalue weighted by atomic mass is 35.5. The number of thioether (sulfide) groups is 1. The Morgan fingerprint density at radius 3 is 2.88 bits per heavy atom. The van der Waals surface area contributed by atoms with E-state index in [1.54, 1.807) is 11.8 Å². The SMILES string of the molecule is Nc1cc(Cl)c(F)cc1NCCSCCCO. The summed E-state index contributed by atoms with van der Waals surface area (Å²) in [6.45, 7) is 0.914. The van der Waals surface area contributed by atoms with Gasteiger partial charge in [-0.2, -0.15) is 11.8 Å². The topological polar surface area (TPSA) is 58.3 Å². The summed E-state index contributed by atoms with van der Waals surface area (Å²) in [5.41, 5.74) is 6.71. The zero-order valence-corrected chi connectivity index (χ0v) is 11.0. The Kier molecular flexibility index (Phi) is 6.47. The quantitative estimate of drug-likeness (QED) is 0.530. The Labute approximate surface area is 110 Å². The number of hydrogen-bond donors (Lipinski definition) is 3. The van der Waals surface area contributed by atoms with Crippen LogP contribution < -0.4 is 11.1 Å². The smallest absolute Gasteiger partial charge is 0.143 e. The van der Waals surface area contributed by atoms with Gasteiger partial charge in [-0.15, -0.1) is 0 Å². The van der Waals surface area contributed by atoms with Crippen LogP contribution in [0.4, 0.5) is 15.8 Å². The maximum Gasteiger partial charge on any atom is 0.143 e. The minimum atomic E-state index is -0.476. The summed E-state index contributed by atoms with van der Waals surface area (Å²) in [4.78, 5) is 0.